The van der Waals surface area contributed by atoms with Crippen LogP contribution >= 0.6 is 35.1 Å². The normalized spacial score (nSPS) is 19.9. The zero-order valence-electron chi connectivity index (χ0n) is 17.4. The van der Waals surface area contributed by atoms with Crippen LogP contribution in [0.2, 0.25) is 0 Å². The number of carbonyl (C=O) groups is 2. The van der Waals surface area contributed by atoms with Crippen molar-refractivity contribution in [1.29, 1.82) is 0 Å². The number of benzene rings is 2. The summed E-state index contributed by atoms with van der Waals surface area (Å²) in [5.74, 6) is 0.347. The lowest BCUT2D eigenvalue weighted by Crippen LogP contribution is -2.68. The summed E-state index contributed by atoms with van der Waals surface area (Å²) in [6, 6.07) is 18.6. The van der Waals surface area contributed by atoms with Gasteiger partial charge in [-0.05, 0) is 22.7 Å². The first-order chi connectivity index (χ1) is 16.1. The molecule has 0 radical (unpaired) electrons. The van der Waals surface area contributed by atoms with E-state index in [0.29, 0.717) is 11.5 Å². The van der Waals surface area contributed by atoms with Crippen molar-refractivity contribution < 1.29 is 14.3 Å². The van der Waals surface area contributed by atoms with Crippen LogP contribution in [-0.4, -0.2) is 43.5 Å². The lowest BCUT2D eigenvalue weighted by molar-refractivity contribution is -0.152. The maximum Gasteiger partial charge on any atom is 0.356 e. The number of nitrogens with zero attached hydrogens (tertiary/aromatic N) is 3. The molecule has 1 aromatic heterocycles. The summed E-state index contributed by atoms with van der Waals surface area (Å²) in [5, 5.41) is 5.69. The molecule has 0 bridgehead atoms. The highest BCUT2D eigenvalue weighted by atomic mass is 32.2. The minimum absolute atomic E-state index is 0.253. The van der Waals surface area contributed by atoms with Gasteiger partial charge in [-0.15, -0.1) is 28.6 Å². The molecule has 0 spiro atoms. The number of rotatable bonds is 7. The van der Waals surface area contributed by atoms with Crippen LogP contribution in [0.15, 0.2) is 76.6 Å². The lowest BCUT2D eigenvalue weighted by atomic mass is 10.0. The summed E-state index contributed by atoms with van der Waals surface area (Å²) in [5.41, 5.74) is 8.84. The number of β-lactam (4-membered cyclic amide) rings is 1. The van der Waals surface area contributed by atoms with Gasteiger partial charge in [0.05, 0.1) is 5.69 Å². The molecule has 3 heterocycles. The Kier molecular flexibility index (Phi) is 6.50. The van der Waals surface area contributed by atoms with Gasteiger partial charge in [0.2, 0.25) is 5.91 Å². The first kappa shape index (κ1) is 22.1. The SMILES string of the molecule is N[C@@H]1C(=O)N2C(C(=O)OC(c3ccccc3)c3ccccc3)=C(SCc3csnn3)CS[C@H]12. The van der Waals surface area contributed by atoms with Crippen molar-refractivity contribution in [2.45, 2.75) is 23.3 Å². The highest BCUT2D eigenvalue weighted by molar-refractivity contribution is 8.05. The molecular weight excluding hydrogens is 476 g/mol. The number of fused-ring (bicyclic) bond motifs is 1. The Balaban J connectivity index is 1.47. The fourth-order valence-electron chi connectivity index (χ4n) is 3.74. The molecule has 1 amide bonds. The average Bonchev–Trinajstić information content (AvgIpc) is 3.39. The van der Waals surface area contributed by atoms with Crippen LogP contribution in [0.5, 0.6) is 0 Å². The van der Waals surface area contributed by atoms with Crippen LogP contribution in [0.25, 0.3) is 0 Å². The minimum atomic E-state index is -0.605. The van der Waals surface area contributed by atoms with Crippen LogP contribution < -0.4 is 5.73 Å². The Labute approximate surface area is 203 Å². The van der Waals surface area contributed by atoms with E-state index >= 15 is 0 Å². The van der Waals surface area contributed by atoms with Gasteiger partial charge in [-0.3, -0.25) is 9.69 Å². The summed E-state index contributed by atoms with van der Waals surface area (Å²) < 4.78 is 9.98. The number of aromatic nitrogens is 2. The van der Waals surface area contributed by atoms with E-state index in [0.717, 1.165) is 21.7 Å². The maximum atomic E-state index is 13.6. The van der Waals surface area contributed by atoms with Gasteiger partial charge in [0.15, 0.2) is 6.10 Å². The molecule has 1 saturated heterocycles. The molecule has 0 saturated carbocycles. The third-order valence-electron chi connectivity index (χ3n) is 5.40. The van der Waals surface area contributed by atoms with Crippen LogP contribution in [0.4, 0.5) is 0 Å². The van der Waals surface area contributed by atoms with E-state index in [1.165, 1.54) is 28.2 Å². The fourth-order valence-corrected chi connectivity index (χ4v) is 6.76. The Bertz CT molecular complexity index is 1130. The van der Waals surface area contributed by atoms with Crippen molar-refractivity contribution in [3.63, 3.8) is 0 Å². The number of ether oxygens (including phenoxy) is 1. The van der Waals surface area contributed by atoms with Crippen LogP contribution in [0, 0.1) is 0 Å². The van der Waals surface area contributed by atoms with Gasteiger partial charge >= 0.3 is 5.97 Å². The molecule has 2 aromatic carbocycles. The molecule has 1 fully saturated rings. The van der Waals surface area contributed by atoms with Gasteiger partial charge in [0.1, 0.15) is 17.1 Å². The smallest absolute Gasteiger partial charge is 0.356 e. The van der Waals surface area contributed by atoms with E-state index in [9.17, 15) is 9.59 Å². The number of esters is 1. The number of nitrogens with two attached hydrogens (primary N) is 1. The monoisotopic (exact) mass is 496 g/mol. The van der Waals surface area contributed by atoms with E-state index in [1.807, 2.05) is 66.0 Å². The van der Waals surface area contributed by atoms with Gasteiger partial charge in [-0.1, -0.05) is 65.2 Å². The second-order valence-corrected chi connectivity index (χ2v) is 10.3. The first-order valence-corrected chi connectivity index (χ1v) is 13.1. The van der Waals surface area contributed by atoms with Gasteiger partial charge < -0.3 is 10.5 Å². The zero-order valence-corrected chi connectivity index (χ0v) is 19.8. The van der Waals surface area contributed by atoms with Gasteiger partial charge in [-0.2, -0.15) is 0 Å². The van der Waals surface area contributed by atoms with Crippen molar-refractivity contribution in [3.8, 4) is 0 Å². The highest BCUT2D eigenvalue weighted by Gasteiger charge is 2.52. The molecule has 5 rings (SSSR count). The Hall–Kier alpha value is -2.66. The third-order valence-corrected chi connectivity index (χ3v) is 8.56. The molecule has 2 atom stereocenters. The van der Waals surface area contributed by atoms with Crippen molar-refractivity contribution in [2.24, 2.45) is 5.73 Å². The van der Waals surface area contributed by atoms with E-state index < -0.39 is 18.1 Å². The number of carbonyl (C=O) groups excluding carboxylic acids is 2. The summed E-state index contributed by atoms with van der Waals surface area (Å²) in [4.78, 5) is 28.5. The quantitative estimate of drug-likeness (QED) is 0.392. The predicted molar refractivity (Wildman–Crippen MR) is 130 cm³/mol. The first-order valence-electron chi connectivity index (χ1n) is 10.3. The van der Waals surface area contributed by atoms with Crippen molar-refractivity contribution >= 4 is 46.9 Å². The van der Waals surface area contributed by atoms with Gasteiger partial charge in [0.25, 0.3) is 0 Å². The second kappa shape index (κ2) is 9.68. The average molecular weight is 497 g/mol. The van der Waals surface area contributed by atoms with Gasteiger partial charge in [0, 0.05) is 21.8 Å². The summed E-state index contributed by atoms with van der Waals surface area (Å²) >= 11 is 4.33. The third kappa shape index (κ3) is 4.43. The van der Waals surface area contributed by atoms with Crippen LogP contribution in [0.3, 0.4) is 0 Å². The zero-order chi connectivity index (χ0) is 22.8. The fraction of sp³-hybridized carbons (Fsp3) is 0.217. The largest absolute Gasteiger partial charge is 0.448 e. The molecule has 7 nitrogen and oxygen atoms in total. The standard InChI is InChI=1S/C23H20N4O3S3/c24-18-21(28)27-19(17(13-32-22(18)27)31-11-16-12-33-26-25-16)23(29)30-20(14-7-3-1-4-8-14)15-9-5-2-6-10-15/h1-10,12,18,20,22H,11,13,24H2/t18-,22-/m1/s1. The molecule has 3 aromatic rings. The molecule has 33 heavy (non-hydrogen) atoms. The van der Waals surface area contributed by atoms with E-state index in [-0.39, 0.29) is 17.0 Å². The highest BCUT2D eigenvalue weighted by Crippen LogP contribution is 2.44. The minimum Gasteiger partial charge on any atom is -0.448 e. The molecule has 2 aliphatic heterocycles. The van der Waals surface area contributed by atoms with E-state index in [4.69, 9.17) is 10.5 Å². The number of thioether (sulfide) groups is 2. The molecule has 10 heteroatoms. The number of amides is 1. The summed E-state index contributed by atoms with van der Waals surface area (Å²) in [7, 11) is 0. The molecule has 168 valence electrons. The topological polar surface area (TPSA) is 98.4 Å². The Morgan fingerprint density at radius 1 is 1.15 bits per heavy atom. The van der Waals surface area contributed by atoms with E-state index in [2.05, 4.69) is 9.59 Å². The number of hydrogen-bond acceptors (Lipinski definition) is 9. The molecule has 0 unspecified atom stereocenters. The van der Waals surface area contributed by atoms with Gasteiger partial charge in [-0.25, -0.2) is 4.79 Å². The number of hydrogen-bond donors (Lipinski definition) is 1. The van der Waals surface area contributed by atoms with Crippen molar-refractivity contribution in [2.75, 3.05) is 5.75 Å². The molecule has 0 aliphatic carbocycles. The predicted octanol–water partition coefficient (Wildman–Crippen LogP) is 3.56. The Morgan fingerprint density at radius 2 is 1.82 bits per heavy atom. The van der Waals surface area contributed by atoms with Crippen molar-refractivity contribution in [3.05, 3.63) is 93.5 Å². The van der Waals surface area contributed by atoms with Crippen molar-refractivity contribution in [1.82, 2.24) is 14.5 Å². The second-order valence-electron chi connectivity index (χ2n) is 7.50. The van der Waals surface area contributed by atoms with Crippen LogP contribution in [-0.2, 0) is 20.1 Å². The molecule has 2 aliphatic rings. The lowest BCUT2D eigenvalue weighted by Gasteiger charge is -2.48. The summed E-state index contributed by atoms with van der Waals surface area (Å²) in [6.45, 7) is 0. The molecular formula is C23H20N4O3S3. The maximum absolute atomic E-state index is 13.6. The Morgan fingerprint density at radius 3 is 2.42 bits per heavy atom. The van der Waals surface area contributed by atoms with E-state index in [1.54, 1.807) is 11.8 Å². The molecule has 2 N–H and O–H groups in total. The summed E-state index contributed by atoms with van der Waals surface area (Å²) in [6.07, 6.45) is -0.598. The van der Waals surface area contributed by atoms with Crippen LogP contribution in [0.1, 0.15) is 22.9 Å².